The molecular formula is C19H17Cl2NO2. The molecule has 0 unspecified atom stereocenters. The van der Waals surface area contributed by atoms with Gasteiger partial charge in [-0.1, -0.05) is 30.1 Å². The summed E-state index contributed by atoms with van der Waals surface area (Å²) in [6, 6.07) is 12.9. The Balaban J connectivity index is 2.35. The number of halogens is 2. The van der Waals surface area contributed by atoms with Crippen LogP contribution in [0.2, 0.25) is 10.0 Å². The molecule has 0 fully saturated rings. The molecule has 0 aromatic heterocycles. The molecule has 0 atom stereocenters. The molecule has 2 rings (SSSR count). The van der Waals surface area contributed by atoms with Gasteiger partial charge in [-0.15, -0.1) is 0 Å². The highest BCUT2D eigenvalue weighted by Gasteiger charge is 2.10. The largest absolute Gasteiger partial charge is 0.497 e. The fourth-order valence-electron chi connectivity index (χ4n) is 2.12. The maximum Gasteiger partial charge on any atom is 0.156 e. The van der Waals surface area contributed by atoms with Crippen molar-refractivity contribution < 1.29 is 9.47 Å². The molecule has 0 radical (unpaired) electrons. The van der Waals surface area contributed by atoms with Gasteiger partial charge in [0.25, 0.3) is 0 Å². The minimum absolute atomic E-state index is 0.425. The first-order valence-corrected chi connectivity index (χ1v) is 8.22. The Hall–Kier alpha value is -2.15. The molecule has 0 N–H and O–H groups in total. The number of hydrogen-bond donors (Lipinski definition) is 0. The summed E-state index contributed by atoms with van der Waals surface area (Å²) in [5.74, 6) is 1.21. The first-order chi connectivity index (χ1) is 11.6. The van der Waals surface area contributed by atoms with E-state index in [0.717, 1.165) is 23.3 Å². The van der Waals surface area contributed by atoms with Crippen LogP contribution in [0.15, 0.2) is 36.4 Å². The van der Waals surface area contributed by atoms with Crippen LogP contribution in [0.1, 0.15) is 24.5 Å². The van der Waals surface area contributed by atoms with Gasteiger partial charge in [-0.3, -0.25) is 0 Å². The highest BCUT2D eigenvalue weighted by molar-refractivity contribution is 6.37. The second-order valence-electron chi connectivity index (χ2n) is 5.06. The van der Waals surface area contributed by atoms with Gasteiger partial charge in [0, 0.05) is 0 Å². The predicted molar refractivity (Wildman–Crippen MR) is 98.7 cm³/mol. The van der Waals surface area contributed by atoms with Crippen LogP contribution in [-0.2, 0) is 0 Å². The average molecular weight is 362 g/mol. The van der Waals surface area contributed by atoms with Crippen molar-refractivity contribution in [2.24, 2.45) is 0 Å². The van der Waals surface area contributed by atoms with E-state index < -0.39 is 0 Å². The summed E-state index contributed by atoms with van der Waals surface area (Å²) in [6.07, 6.45) is 2.60. The van der Waals surface area contributed by atoms with E-state index in [2.05, 4.69) is 6.07 Å². The molecule has 0 amide bonds. The summed E-state index contributed by atoms with van der Waals surface area (Å²) in [4.78, 5) is 0. The molecule has 124 valence electrons. The Kier molecular flexibility index (Phi) is 6.54. The van der Waals surface area contributed by atoms with E-state index in [0.29, 0.717) is 28.0 Å². The van der Waals surface area contributed by atoms with Crippen LogP contribution >= 0.6 is 23.2 Å². The molecule has 0 aliphatic rings. The smallest absolute Gasteiger partial charge is 0.156 e. The second-order valence-corrected chi connectivity index (χ2v) is 5.87. The van der Waals surface area contributed by atoms with E-state index in [9.17, 15) is 5.26 Å². The lowest BCUT2D eigenvalue weighted by Crippen LogP contribution is -1.96. The van der Waals surface area contributed by atoms with Gasteiger partial charge in [-0.25, -0.2) is 0 Å². The summed E-state index contributed by atoms with van der Waals surface area (Å²) < 4.78 is 10.7. The predicted octanol–water partition coefficient (Wildman–Crippen LogP) is 5.85. The number of benzene rings is 2. The first-order valence-electron chi connectivity index (χ1n) is 7.47. The van der Waals surface area contributed by atoms with Crippen LogP contribution in [-0.4, -0.2) is 13.7 Å². The maximum absolute atomic E-state index is 9.44. The summed E-state index contributed by atoms with van der Waals surface area (Å²) in [5.41, 5.74) is 2.03. The summed E-state index contributed by atoms with van der Waals surface area (Å²) >= 11 is 12.5. The van der Waals surface area contributed by atoms with Crippen molar-refractivity contribution in [3.8, 4) is 17.6 Å². The summed E-state index contributed by atoms with van der Waals surface area (Å²) in [7, 11) is 1.60. The van der Waals surface area contributed by atoms with Crippen LogP contribution in [0, 0.1) is 11.3 Å². The molecule has 0 spiro atoms. The van der Waals surface area contributed by atoms with Gasteiger partial charge in [0.15, 0.2) is 5.75 Å². The monoisotopic (exact) mass is 361 g/mol. The van der Waals surface area contributed by atoms with Crippen LogP contribution in [0.3, 0.4) is 0 Å². The molecule has 3 nitrogen and oxygen atoms in total. The topological polar surface area (TPSA) is 42.2 Å². The molecule has 0 aliphatic heterocycles. The number of methoxy groups -OCH3 is 1. The molecule has 0 saturated heterocycles. The Morgan fingerprint density at radius 3 is 2.29 bits per heavy atom. The molecular weight excluding hydrogens is 345 g/mol. The molecule has 0 heterocycles. The zero-order valence-corrected chi connectivity index (χ0v) is 15.0. The van der Waals surface area contributed by atoms with Crippen molar-refractivity contribution in [2.45, 2.75) is 13.3 Å². The van der Waals surface area contributed by atoms with Crippen LogP contribution in [0.25, 0.3) is 11.6 Å². The van der Waals surface area contributed by atoms with Crippen molar-refractivity contribution in [1.82, 2.24) is 0 Å². The first kappa shape index (κ1) is 18.2. The van der Waals surface area contributed by atoms with Gasteiger partial charge >= 0.3 is 0 Å². The van der Waals surface area contributed by atoms with Crippen molar-refractivity contribution in [3.05, 3.63) is 57.6 Å². The number of rotatable bonds is 6. The Bertz CT molecular complexity index is 754. The van der Waals surface area contributed by atoms with Crippen LogP contribution in [0.5, 0.6) is 11.5 Å². The third-order valence-corrected chi connectivity index (χ3v) is 3.87. The molecule has 0 bridgehead atoms. The third-order valence-electron chi connectivity index (χ3n) is 3.30. The second kappa shape index (κ2) is 8.63. The maximum atomic E-state index is 9.44. The average Bonchev–Trinajstić information content (AvgIpc) is 2.59. The molecule has 0 saturated carbocycles. The van der Waals surface area contributed by atoms with Gasteiger partial charge in [-0.05, 0) is 60.0 Å². The SMILES string of the molecule is CCCOc1c(Cl)cc(/C=C(\C#N)c2ccc(OC)cc2)cc1Cl. The van der Waals surface area contributed by atoms with Gasteiger partial charge in [-0.2, -0.15) is 5.26 Å². The quantitative estimate of drug-likeness (QED) is 0.478. The van der Waals surface area contributed by atoms with Crippen molar-refractivity contribution in [3.63, 3.8) is 0 Å². The van der Waals surface area contributed by atoms with Gasteiger partial charge in [0.2, 0.25) is 0 Å². The normalized spacial score (nSPS) is 11.0. The molecule has 2 aromatic carbocycles. The Morgan fingerprint density at radius 2 is 1.79 bits per heavy atom. The van der Waals surface area contributed by atoms with Crippen LogP contribution < -0.4 is 9.47 Å². The number of nitriles is 1. The van der Waals surface area contributed by atoms with Gasteiger partial charge in [0.1, 0.15) is 5.75 Å². The van der Waals surface area contributed by atoms with E-state index in [1.165, 1.54) is 0 Å². The number of hydrogen-bond acceptors (Lipinski definition) is 3. The number of ether oxygens (including phenoxy) is 2. The van der Waals surface area contributed by atoms with E-state index >= 15 is 0 Å². The number of allylic oxidation sites excluding steroid dienone is 1. The minimum atomic E-state index is 0.425. The lowest BCUT2D eigenvalue weighted by atomic mass is 10.0. The lowest BCUT2D eigenvalue weighted by Gasteiger charge is -2.10. The third kappa shape index (κ3) is 4.44. The van der Waals surface area contributed by atoms with Gasteiger partial charge in [0.05, 0.1) is 35.4 Å². The van der Waals surface area contributed by atoms with Crippen molar-refractivity contribution >= 4 is 34.9 Å². The number of nitrogens with zero attached hydrogens (tertiary/aromatic N) is 1. The van der Waals surface area contributed by atoms with Crippen molar-refractivity contribution in [2.75, 3.05) is 13.7 Å². The van der Waals surface area contributed by atoms with E-state index in [1.807, 2.05) is 31.2 Å². The molecule has 2 aromatic rings. The zero-order valence-electron chi connectivity index (χ0n) is 13.5. The highest BCUT2D eigenvalue weighted by Crippen LogP contribution is 2.35. The molecule has 5 heteroatoms. The lowest BCUT2D eigenvalue weighted by molar-refractivity contribution is 0.318. The van der Waals surface area contributed by atoms with E-state index in [1.54, 1.807) is 25.3 Å². The molecule has 0 aliphatic carbocycles. The van der Waals surface area contributed by atoms with E-state index in [-0.39, 0.29) is 0 Å². The van der Waals surface area contributed by atoms with Gasteiger partial charge < -0.3 is 9.47 Å². The standard InChI is InChI=1S/C19H17Cl2NO2/c1-3-8-24-19-17(20)10-13(11-18(19)21)9-15(12-22)14-4-6-16(23-2)7-5-14/h4-7,9-11H,3,8H2,1-2H3/b15-9+. The Labute approximate surface area is 152 Å². The minimum Gasteiger partial charge on any atom is -0.497 e. The summed E-state index contributed by atoms with van der Waals surface area (Å²) in [5, 5.41) is 10.3. The molecule has 24 heavy (non-hydrogen) atoms. The van der Waals surface area contributed by atoms with E-state index in [4.69, 9.17) is 32.7 Å². The van der Waals surface area contributed by atoms with Crippen LogP contribution in [0.4, 0.5) is 0 Å². The summed E-state index contributed by atoms with van der Waals surface area (Å²) in [6.45, 7) is 2.55. The fraction of sp³-hybridized carbons (Fsp3) is 0.211. The van der Waals surface area contributed by atoms with Crippen molar-refractivity contribution in [1.29, 1.82) is 5.26 Å². The Morgan fingerprint density at radius 1 is 1.17 bits per heavy atom. The highest BCUT2D eigenvalue weighted by atomic mass is 35.5. The fourth-order valence-corrected chi connectivity index (χ4v) is 2.74. The zero-order chi connectivity index (χ0) is 17.5.